The van der Waals surface area contributed by atoms with E-state index in [4.69, 9.17) is 10.5 Å². The lowest BCUT2D eigenvalue weighted by Crippen LogP contribution is -2.53. The van der Waals surface area contributed by atoms with Gasteiger partial charge < -0.3 is 10.5 Å². The van der Waals surface area contributed by atoms with Gasteiger partial charge in [0.2, 0.25) is 0 Å². The molecular formula is C10H17NO2. The summed E-state index contributed by atoms with van der Waals surface area (Å²) in [6, 6.07) is 0. The third-order valence-corrected chi connectivity index (χ3v) is 3.55. The largest absolute Gasteiger partial charge is 0.465 e. The van der Waals surface area contributed by atoms with Crippen molar-refractivity contribution in [3.63, 3.8) is 0 Å². The smallest absolute Gasteiger partial charge is 0.326 e. The highest BCUT2D eigenvalue weighted by atomic mass is 16.5. The Kier molecular flexibility index (Phi) is 2.06. The fourth-order valence-corrected chi connectivity index (χ4v) is 2.89. The van der Waals surface area contributed by atoms with E-state index in [-0.39, 0.29) is 5.97 Å². The Morgan fingerprint density at radius 3 is 2.85 bits per heavy atom. The van der Waals surface area contributed by atoms with Crippen molar-refractivity contribution in [3.8, 4) is 0 Å². The molecule has 3 atom stereocenters. The molecule has 0 aromatic rings. The number of fused-ring (bicyclic) bond motifs is 2. The fraction of sp³-hybridized carbons (Fsp3) is 0.900. The van der Waals surface area contributed by atoms with Gasteiger partial charge >= 0.3 is 5.97 Å². The molecule has 2 saturated carbocycles. The van der Waals surface area contributed by atoms with Crippen LogP contribution in [0.4, 0.5) is 0 Å². The van der Waals surface area contributed by atoms with Gasteiger partial charge in [0.1, 0.15) is 5.54 Å². The minimum Gasteiger partial charge on any atom is -0.465 e. The molecule has 3 heteroatoms. The van der Waals surface area contributed by atoms with E-state index >= 15 is 0 Å². The Hall–Kier alpha value is -0.570. The first-order valence-electron chi connectivity index (χ1n) is 5.13. The molecule has 74 valence electrons. The Balaban J connectivity index is 2.08. The van der Waals surface area contributed by atoms with Crippen LogP contribution in [0.25, 0.3) is 0 Å². The minimum absolute atomic E-state index is 0.179. The van der Waals surface area contributed by atoms with Crippen molar-refractivity contribution in [3.05, 3.63) is 0 Å². The lowest BCUT2D eigenvalue weighted by Gasteiger charge is -2.30. The Morgan fingerprint density at radius 1 is 1.62 bits per heavy atom. The molecule has 0 unspecified atom stereocenters. The van der Waals surface area contributed by atoms with Crippen LogP contribution in [0.5, 0.6) is 0 Å². The number of carbonyl (C=O) groups excluding carboxylic acids is 1. The third-order valence-electron chi connectivity index (χ3n) is 3.55. The molecule has 2 aliphatic carbocycles. The molecule has 0 saturated heterocycles. The van der Waals surface area contributed by atoms with E-state index in [1.54, 1.807) is 0 Å². The van der Waals surface area contributed by atoms with Crippen LogP contribution in [0.15, 0.2) is 0 Å². The van der Waals surface area contributed by atoms with Gasteiger partial charge in [-0.2, -0.15) is 0 Å². The van der Waals surface area contributed by atoms with Crippen LogP contribution in [-0.2, 0) is 9.53 Å². The van der Waals surface area contributed by atoms with Gasteiger partial charge in [-0.3, -0.25) is 4.79 Å². The molecule has 0 heterocycles. The Bertz CT molecular complexity index is 229. The van der Waals surface area contributed by atoms with Crippen molar-refractivity contribution in [2.24, 2.45) is 17.6 Å². The summed E-state index contributed by atoms with van der Waals surface area (Å²) in [4.78, 5) is 11.6. The normalized spacial score (nSPS) is 42.3. The summed E-state index contributed by atoms with van der Waals surface area (Å²) < 4.78 is 5.02. The second-order valence-corrected chi connectivity index (χ2v) is 4.34. The average Bonchev–Trinajstić information content (AvgIpc) is 2.64. The van der Waals surface area contributed by atoms with Gasteiger partial charge in [-0.25, -0.2) is 0 Å². The van der Waals surface area contributed by atoms with Crippen LogP contribution in [0.1, 0.15) is 32.6 Å². The SMILES string of the molecule is CCOC(=O)[C@]1(N)C[C@H]2CC[C@@H]1C2. The molecule has 13 heavy (non-hydrogen) atoms. The molecule has 0 aromatic heterocycles. The van der Waals surface area contributed by atoms with Crippen molar-refractivity contribution >= 4 is 5.97 Å². The molecule has 0 amide bonds. The maximum Gasteiger partial charge on any atom is 0.326 e. The number of rotatable bonds is 2. The maximum atomic E-state index is 11.6. The molecule has 2 bridgehead atoms. The fourth-order valence-electron chi connectivity index (χ4n) is 2.89. The molecule has 2 aliphatic rings. The van der Waals surface area contributed by atoms with Crippen molar-refractivity contribution in [1.82, 2.24) is 0 Å². The van der Waals surface area contributed by atoms with Gasteiger partial charge in [0.25, 0.3) is 0 Å². The van der Waals surface area contributed by atoms with Gasteiger partial charge in [-0.1, -0.05) is 6.42 Å². The van der Waals surface area contributed by atoms with Gasteiger partial charge in [0, 0.05) is 0 Å². The van der Waals surface area contributed by atoms with Crippen LogP contribution in [-0.4, -0.2) is 18.1 Å². The van der Waals surface area contributed by atoms with E-state index in [0.717, 1.165) is 19.3 Å². The van der Waals surface area contributed by atoms with Gasteiger partial charge in [-0.05, 0) is 38.0 Å². The standard InChI is InChI=1S/C10H17NO2/c1-2-13-9(12)10(11)6-7-3-4-8(10)5-7/h7-8H,2-6,11H2,1H3/t7-,8+,10-/m0/s1. The topological polar surface area (TPSA) is 52.3 Å². The van der Waals surface area contributed by atoms with Crippen molar-refractivity contribution in [1.29, 1.82) is 0 Å². The minimum atomic E-state index is -0.640. The number of hydrogen-bond acceptors (Lipinski definition) is 3. The van der Waals surface area contributed by atoms with E-state index < -0.39 is 5.54 Å². The zero-order valence-electron chi connectivity index (χ0n) is 8.08. The molecule has 0 radical (unpaired) electrons. The van der Waals surface area contributed by atoms with Gasteiger partial charge in [0.15, 0.2) is 0 Å². The molecule has 0 aromatic carbocycles. The second-order valence-electron chi connectivity index (χ2n) is 4.34. The van der Waals surface area contributed by atoms with Gasteiger partial charge in [-0.15, -0.1) is 0 Å². The predicted molar refractivity (Wildman–Crippen MR) is 49.0 cm³/mol. The van der Waals surface area contributed by atoms with E-state index in [1.165, 1.54) is 6.42 Å². The molecule has 2 rings (SSSR count). The van der Waals surface area contributed by atoms with Crippen LogP contribution in [0.3, 0.4) is 0 Å². The molecule has 3 nitrogen and oxygen atoms in total. The molecule has 2 N–H and O–H groups in total. The van der Waals surface area contributed by atoms with E-state index in [9.17, 15) is 4.79 Å². The summed E-state index contributed by atoms with van der Waals surface area (Å²) in [7, 11) is 0. The molecule has 0 aliphatic heterocycles. The highest BCUT2D eigenvalue weighted by molar-refractivity contribution is 5.81. The van der Waals surface area contributed by atoms with E-state index in [0.29, 0.717) is 18.4 Å². The summed E-state index contributed by atoms with van der Waals surface area (Å²) in [6.07, 6.45) is 4.34. The first-order valence-corrected chi connectivity index (χ1v) is 5.13. The number of esters is 1. The Labute approximate surface area is 78.6 Å². The Morgan fingerprint density at radius 2 is 2.38 bits per heavy atom. The zero-order chi connectivity index (χ0) is 9.47. The zero-order valence-corrected chi connectivity index (χ0v) is 8.08. The van der Waals surface area contributed by atoms with Crippen molar-refractivity contribution in [2.75, 3.05) is 6.61 Å². The average molecular weight is 183 g/mol. The quantitative estimate of drug-likeness (QED) is 0.651. The number of nitrogens with two attached hydrogens (primary N) is 1. The number of ether oxygens (including phenoxy) is 1. The second kappa shape index (κ2) is 2.98. The first kappa shape index (κ1) is 9.00. The van der Waals surface area contributed by atoms with Crippen LogP contribution < -0.4 is 5.73 Å². The predicted octanol–water partition coefficient (Wildman–Crippen LogP) is 1.07. The highest BCUT2D eigenvalue weighted by Crippen LogP contribution is 2.49. The van der Waals surface area contributed by atoms with E-state index in [1.807, 2.05) is 6.92 Å². The summed E-state index contributed by atoms with van der Waals surface area (Å²) in [5.41, 5.74) is 5.46. The maximum absolute atomic E-state index is 11.6. The van der Waals surface area contributed by atoms with Gasteiger partial charge in [0.05, 0.1) is 6.61 Å². The van der Waals surface area contributed by atoms with Crippen molar-refractivity contribution < 1.29 is 9.53 Å². The number of hydrogen-bond donors (Lipinski definition) is 1. The first-order chi connectivity index (χ1) is 6.16. The summed E-state index contributed by atoms with van der Waals surface area (Å²) in [5.74, 6) is 0.887. The van der Waals surface area contributed by atoms with Crippen LogP contribution >= 0.6 is 0 Å². The third kappa shape index (κ3) is 1.26. The highest BCUT2D eigenvalue weighted by Gasteiger charge is 2.53. The molecule has 0 spiro atoms. The summed E-state index contributed by atoms with van der Waals surface area (Å²) >= 11 is 0. The monoisotopic (exact) mass is 183 g/mol. The van der Waals surface area contributed by atoms with E-state index in [2.05, 4.69) is 0 Å². The summed E-state index contributed by atoms with van der Waals surface area (Å²) in [5, 5.41) is 0. The van der Waals surface area contributed by atoms with Crippen LogP contribution in [0, 0.1) is 11.8 Å². The lowest BCUT2D eigenvalue weighted by atomic mass is 9.82. The van der Waals surface area contributed by atoms with Crippen molar-refractivity contribution in [2.45, 2.75) is 38.1 Å². The molecule has 2 fully saturated rings. The van der Waals surface area contributed by atoms with Crippen LogP contribution in [0.2, 0.25) is 0 Å². The summed E-state index contributed by atoms with van der Waals surface area (Å²) in [6.45, 7) is 2.27. The lowest BCUT2D eigenvalue weighted by molar-refractivity contribution is -0.151. The number of carbonyl (C=O) groups is 1. The molecular weight excluding hydrogens is 166 g/mol.